The van der Waals surface area contributed by atoms with Crippen molar-refractivity contribution in [2.75, 3.05) is 18.1 Å². The predicted octanol–water partition coefficient (Wildman–Crippen LogP) is 0.445. The Bertz CT molecular complexity index is 588. The van der Waals surface area contributed by atoms with E-state index < -0.39 is 15.7 Å². The van der Waals surface area contributed by atoms with Crippen LogP contribution in [0.1, 0.15) is 18.1 Å². The van der Waals surface area contributed by atoms with E-state index in [1.54, 1.807) is 13.0 Å². The van der Waals surface area contributed by atoms with Crippen molar-refractivity contribution in [3.05, 3.63) is 35.1 Å². The van der Waals surface area contributed by atoms with E-state index in [0.29, 0.717) is 12.1 Å². The lowest BCUT2D eigenvalue weighted by molar-refractivity contribution is 0.318. The molecule has 0 spiro atoms. The number of nitrogens with one attached hydrogen (secondary N) is 1. The molecule has 112 valence electrons. The number of nitrogens with two attached hydrogens (primary N) is 1. The minimum absolute atomic E-state index is 0.0336. The molecule has 0 saturated carbocycles. The van der Waals surface area contributed by atoms with E-state index >= 15 is 0 Å². The molecule has 0 bridgehead atoms. The SMILES string of the molecule is CCS(=O)(=O)CCNCc1cc(F)cc(/C(N)=N/O)c1. The quantitative estimate of drug-likeness (QED) is 0.223. The Morgan fingerprint density at radius 1 is 1.45 bits per heavy atom. The lowest BCUT2D eigenvalue weighted by Crippen LogP contribution is -2.24. The summed E-state index contributed by atoms with van der Waals surface area (Å²) < 4.78 is 35.9. The lowest BCUT2D eigenvalue weighted by Gasteiger charge is -2.07. The van der Waals surface area contributed by atoms with Gasteiger partial charge in [-0.3, -0.25) is 0 Å². The van der Waals surface area contributed by atoms with Gasteiger partial charge >= 0.3 is 0 Å². The number of amidine groups is 1. The second-order valence-electron chi connectivity index (χ2n) is 4.25. The summed E-state index contributed by atoms with van der Waals surface area (Å²) in [5.41, 5.74) is 6.25. The third kappa shape index (κ3) is 5.14. The first-order chi connectivity index (χ1) is 9.38. The smallest absolute Gasteiger partial charge is 0.170 e. The van der Waals surface area contributed by atoms with Crippen LogP contribution in [0, 0.1) is 5.82 Å². The Morgan fingerprint density at radius 2 is 2.15 bits per heavy atom. The minimum Gasteiger partial charge on any atom is -0.409 e. The van der Waals surface area contributed by atoms with E-state index in [2.05, 4.69) is 10.5 Å². The zero-order valence-electron chi connectivity index (χ0n) is 11.1. The van der Waals surface area contributed by atoms with Crippen LogP contribution in [-0.2, 0) is 16.4 Å². The minimum atomic E-state index is -3.02. The summed E-state index contributed by atoms with van der Waals surface area (Å²) in [5.74, 6) is -0.555. The number of hydrogen-bond donors (Lipinski definition) is 3. The van der Waals surface area contributed by atoms with E-state index in [-0.39, 0.29) is 29.4 Å². The zero-order chi connectivity index (χ0) is 15.2. The second-order valence-corrected chi connectivity index (χ2v) is 6.72. The van der Waals surface area contributed by atoms with Crippen LogP contribution in [0.5, 0.6) is 0 Å². The molecule has 0 fully saturated rings. The molecule has 4 N–H and O–H groups in total. The van der Waals surface area contributed by atoms with Gasteiger partial charge in [0.25, 0.3) is 0 Å². The van der Waals surface area contributed by atoms with Crippen LogP contribution >= 0.6 is 0 Å². The standard InChI is InChI=1S/C12H18FN3O3S/c1-2-20(18,19)4-3-15-8-9-5-10(12(14)16-17)7-11(13)6-9/h5-7,15,17H,2-4,8H2,1H3,(H2,14,16). The van der Waals surface area contributed by atoms with Gasteiger partial charge in [-0.25, -0.2) is 12.8 Å². The molecule has 1 aromatic carbocycles. The highest BCUT2D eigenvalue weighted by molar-refractivity contribution is 7.91. The molecule has 6 nitrogen and oxygen atoms in total. The van der Waals surface area contributed by atoms with E-state index in [4.69, 9.17) is 10.9 Å². The molecular formula is C12H18FN3O3S. The summed E-state index contributed by atoms with van der Waals surface area (Å²) in [4.78, 5) is 0. The fourth-order valence-electron chi connectivity index (χ4n) is 1.56. The Kier molecular flexibility index (Phi) is 5.90. The van der Waals surface area contributed by atoms with E-state index in [1.807, 2.05) is 0 Å². The summed E-state index contributed by atoms with van der Waals surface area (Å²) in [5, 5.41) is 14.3. The Labute approximate surface area is 117 Å². The molecule has 0 aliphatic carbocycles. The number of nitrogens with zero attached hydrogens (tertiary/aromatic N) is 1. The molecule has 0 aliphatic rings. The van der Waals surface area contributed by atoms with Crippen molar-refractivity contribution in [1.29, 1.82) is 0 Å². The Balaban J connectivity index is 2.63. The van der Waals surface area contributed by atoms with Gasteiger partial charge in [0.1, 0.15) is 5.82 Å². The molecule has 0 aliphatic heterocycles. The molecule has 0 amide bonds. The van der Waals surface area contributed by atoms with Gasteiger partial charge in [0.05, 0.1) is 5.75 Å². The number of benzene rings is 1. The van der Waals surface area contributed by atoms with E-state index in [0.717, 1.165) is 6.07 Å². The van der Waals surface area contributed by atoms with Crippen LogP contribution in [0.25, 0.3) is 0 Å². The predicted molar refractivity (Wildman–Crippen MR) is 74.9 cm³/mol. The summed E-state index contributed by atoms with van der Waals surface area (Å²) >= 11 is 0. The average Bonchev–Trinajstić information content (AvgIpc) is 2.42. The highest BCUT2D eigenvalue weighted by atomic mass is 32.2. The third-order valence-electron chi connectivity index (χ3n) is 2.72. The first kappa shape index (κ1) is 16.4. The molecule has 0 atom stereocenters. The van der Waals surface area contributed by atoms with Crippen molar-refractivity contribution >= 4 is 15.7 Å². The van der Waals surface area contributed by atoms with Crippen molar-refractivity contribution in [2.45, 2.75) is 13.5 Å². The third-order valence-corrected chi connectivity index (χ3v) is 4.43. The maximum Gasteiger partial charge on any atom is 0.170 e. The fourth-order valence-corrected chi connectivity index (χ4v) is 2.31. The largest absolute Gasteiger partial charge is 0.409 e. The van der Waals surface area contributed by atoms with Crippen molar-refractivity contribution < 1.29 is 18.0 Å². The Hall–Kier alpha value is -1.67. The van der Waals surface area contributed by atoms with Crippen LogP contribution in [0.15, 0.2) is 23.4 Å². The summed E-state index contributed by atoms with van der Waals surface area (Å²) in [6, 6.07) is 4.02. The van der Waals surface area contributed by atoms with Gasteiger partial charge in [-0.2, -0.15) is 0 Å². The van der Waals surface area contributed by atoms with Crippen LogP contribution in [0.4, 0.5) is 4.39 Å². The highest BCUT2D eigenvalue weighted by Gasteiger charge is 2.07. The molecular weight excluding hydrogens is 285 g/mol. The monoisotopic (exact) mass is 303 g/mol. The highest BCUT2D eigenvalue weighted by Crippen LogP contribution is 2.09. The van der Waals surface area contributed by atoms with Gasteiger partial charge in [0.15, 0.2) is 15.7 Å². The molecule has 1 aromatic rings. The first-order valence-electron chi connectivity index (χ1n) is 6.06. The van der Waals surface area contributed by atoms with E-state index in [1.165, 1.54) is 6.07 Å². The number of halogens is 1. The van der Waals surface area contributed by atoms with Crippen molar-refractivity contribution in [1.82, 2.24) is 5.32 Å². The topological polar surface area (TPSA) is 105 Å². The van der Waals surface area contributed by atoms with Crippen LogP contribution < -0.4 is 11.1 Å². The molecule has 20 heavy (non-hydrogen) atoms. The maximum absolute atomic E-state index is 13.4. The number of sulfone groups is 1. The zero-order valence-corrected chi connectivity index (χ0v) is 12.0. The number of oxime groups is 1. The molecule has 0 radical (unpaired) electrons. The first-order valence-corrected chi connectivity index (χ1v) is 7.88. The van der Waals surface area contributed by atoms with Crippen molar-refractivity contribution in [3.8, 4) is 0 Å². The summed E-state index contributed by atoms with van der Waals surface area (Å²) in [7, 11) is -3.02. The van der Waals surface area contributed by atoms with E-state index in [9.17, 15) is 12.8 Å². The summed E-state index contributed by atoms with van der Waals surface area (Å²) in [6.45, 7) is 2.17. The van der Waals surface area contributed by atoms with Gasteiger partial charge in [0, 0.05) is 24.4 Å². The van der Waals surface area contributed by atoms with Gasteiger partial charge in [-0.05, 0) is 23.8 Å². The lowest BCUT2D eigenvalue weighted by atomic mass is 10.1. The normalized spacial score (nSPS) is 12.6. The molecule has 0 unspecified atom stereocenters. The fraction of sp³-hybridized carbons (Fsp3) is 0.417. The van der Waals surface area contributed by atoms with Crippen LogP contribution in [0.3, 0.4) is 0 Å². The molecule has 0 heterocycles. The van der Waals surface area contributed by atoms with Crippen LogP contribution in [-0.4, -0.2) is 37.5 Å². The number of hydrogen-bond acceptors (Lipinski definition) is 5. The van der Waals surface area contributed by atoms with Crippen molar-refractivity contribution in [2.24, 2.45) is 10.9 Å². The van der Waals surface area contributed by atoms with Gasteiger partial charge in [-0.15, -0.1) is 0 Å². The Morgan fingerprint density at radius 3 is 2.75 bits per heavy atom. The maximum atomic E-state index is 13.4. The van der Waals surface area contributed by atoms with Gasteiger partial charge in [0.2, 0.25) is 0 Å². The van der Waals surface area contributed by atoms with Gasteiger partial charge in [-0.1, -0.05) is 12.1 Å². The molecule has 0 saturated heterocycles. The molecule has 1 rings (SSSR count). The average molecular weight is 303 g/mol. The van der Waals surface area contributed by atoms with Crippen molar-refractivity contribution in [3.63, 3.8) is 0 Å². The van der Waals surface area contributed by atoms with Crippen LogP contribution in [0.2, 0.25) is 0 Å². The molecule has 8 heteroatoms. The molecule has 0 aromatic heterocycles. The second kappa shape index (κ2) is 7.20. The number of rotatable bonds is 7. The van der Waals surface area contributed by atoms with Gasteiger partial charge < -0.3 is 16.3 Å². The summed E-state index contributed by atoms with van der Waals surface area (Å²) in [6.07, 6.45) is 0.